The molecule has 0 saturated carbocycles. The molecule has 0 amide bonds. The van der Waals surface area contributed by atoms with Gasteiger partial charge in [0.1, 0.15) is 11.6 Å². The average Bonchev–Trinajstić information content (AvgIpc) is 2.80. The average molecular weight is 322 g/mol. The maximum atomic E-state index is 13.3. The van der Waals surface area contributed by atoms with Gasteiger partial charge in [-0.15, -0.1) is 0 Å². The lowest BCUT2D eigenvalue weighted by atomic mass is 10.1. The first-order valence-electron chi connectivity index (χ1n) is 6.11. The van der Waals surface area contributed by atoms with Crippen molar-refractivity contribution >= 4 is 29.0 Å². The summed E-state index contributed by atoms with van der Waals surface area (Å²) in [6, 6.07) is 12.8. The van der Waals surface area contributed by atoms with Crippen LogP contribution in [-0.2, 0) is 0 Å². The van der Waals surface area contributed by atoms with Crippen LogP contribution in [0.15, 0.2) is 48.5 Å². The summed E-state index contributed by atoms with van der Waals surface area (Å²) in [6.07, 6.45) is 0. The van der Waals surface area contributed by atoms with Crippen molar-refractivity contribution < 1.29 is 4.39 Å². The summed E-state index contributed by atoms with van der Waals surface area (Å²) in [5.74, 6) is 0.0371. The second-order valence-electron chi connectivity index (χ2n) is 4.47. The lowest BCUT2D eigenvalue weighted by molar-refractivity contribution is 0.625. The normalized spacial score (nSPS) is 10.8. The summed E-state index contributed by atoms with van der Waals surface area (Å²) in [7, 11) is 0. The predicted octanol–water partition coefficient (Wildman–Crippen LogP) is 4.57. The second-order valence-corrected chi connectivity index (χ2v) is 5.31. The summed E-state index contributed by atoms with van der Waals surface area (Å²) in [5.41, 5.74) is 7.80. The van der Waals surface area contributed by atoms with E-state index in [0.29, 0.717) is 32.8 Å². The van der Waals surface area contributed by atoms with E-state index < -0.39 is 0 Å². The minimum Gasteiger partial charge on any atom is -0.384 e. The summed E-state index contributed by atoms with van der Waals surface area (Å²) < 4.78 is 14.8. The van der Waals surface area contributed by atoms with Gasteiger partial charge >= 0.3 is 0 Å². The molecule has 3 nitrogen and oxygen atoms in total. The van der Waals surface area contributed by atoms with Crippen molar-refractivity contribution in [3.63, 3.8) is 0 Å². The number of nitrogens with two attached hydrogens (primary N) is 1. The van der Waals surface area contributed by atoms with Crippen molar-refractivity contribution in [2.45, 2.75) is 0 Å². The van der Waals surface area contributed by atoms with Crippen LogP contribution in [0.5, 0.6) is 0 Å². The standard InChI is InChI=1S/C15H10Cl2FN3/c16-9-4-5-12(13(17)6-9)14-8-15(19)21(20-14)11-3-1-2-10(18)7-11/h1-8H,19H2. The predicted molar refractivity (Wildman–Crippen MR) is 83.4 cm³/mol. The molecule has 0 aliphatic carbocycles. The number of nitrogens with zero attached hydrogens (tertiary/aromatic N) is 2. The maximum absolute atomic E-state index is 13.3. The molecule has 3 aromatic rings. The molecule has 1 heterocycles. The fourth-order valence-corrected chi connectivity index (χ4v) is 2.54. The van der Waals surface area contributed by atoms with Gasteiger partial charge in [0, 0.05) is 16.7 Å². The van der Waals surface area contributed by atoms with Gasteiger partial charge in [-0.25, -0.2) is 9.07 Å². The summed E-state index contributed by atoms with van der Waals surface area (Å²) >= 11 is 12.0. The Morgan fingerprint density at radius 3 is 2.57 bits per heavy atom. The quantitative estimate of drug-likeness (QED) is 0.751. The Morgan fingerprint density at radius 2 is 1.86 bits per heavy atom. The summed E-state index contributed by atoms with van der Waals surface area (Å²) in [4.78, 5) is 0. The number of benzene rings is 2. The van der Waals surface area contributed by atoms with Crippen LogP contribution in [0, 0.1) is 5.82 Å². The molecule has 0 unspecified atom stereocenters. The van der Waals surface area contributed by atoms with E-state index in [4.69, 9.17) is 28.9 Å². The van der Waals surface area contributed by atoms with Crippen molar-refractivity contribution in [1.82, 2.24) is 9.78 Å². The van der Waals surface area contributed by atoms with E-state index in [0.717, 1.165) is 0 Å². The monoisotopic (exact) mass is 321 g/mol. The molecule has 21 heavy (non-hydrogen) atoms. The Hall–Kier alpha value is -2.04. The molecule has 0 fully saturated rings. The molecule has 0 radical (unpaired) electrons. The van der Waals surface area contributed by atoms with Gasteiger partial charge < -0.3 is 5.73 Å². The number of hydrogen-bond acceptors (Lipinski definition) is 2. The van der Waals surface area contributed by atoms with E-state index in [1.165, 1.54) is 16.8 Å². The van der Waals surface area contributed by atoms with Gasteiger partial charge in [-0.1, -0.05) is 29.3 Å². The Labute approximate surface area is 130 Å². The molecule has 0 aliphatic heterocycles. The van der Waals surface area contributed by atoms with Gasteiger partial charge in [0.05, 0.1) is 16.4 Å². The van der Waals surface area contributed by atoms with E-state index in [-0.39, 0.29) is 5.82 Å². The van der Waals surface area contributed by atoms with Gasteiger partial charge in [0.2, 0.25) is 0 Å². The zero-order valence-corrected chi connectivity index (χ0v) is 12.2. The molecule has 3 rings (SSSR count). The fourth-order valence-electron chi connectivity index (χ4n) is 2.04. The topological polar surface area (TPSA) is 43.8 Å². The van der Waals surface area contributed by atoms with Crippen LogP contribution >= 0.6 is 23.2 Å². The Bertz CT molecular complexity index is 814. The van der Waals surface area contributed by atoms with Gasteiger partial charge in [0.15, 0.2) is 0 Å². The van der Waals surface area contributed by atoms with E-state index in [2.05, 4.69) is 5.10 Å². The first kappa shape index (κ1) is 13.9. The zero-order chi connectivity index (χ0) is 15.0. The van der Waals surface area contributed by atoms with Crippen molar-refractivity contribution in [3.05, 3.63) is 64.4 Å². The van der Waals surface area contributed by atoms with Crippen LogP contribution in [-0.4, -0.2) is 9.78 Å². The molecule has 2 N–H and O–H groups in total. The van der Waals surface area contributed by atoms with Crippen LogP contribution in [0.2, 0.25) is 10.0 Å². The molecule has 6 heteroatoms. The first-order valence-corrected chi connectivity index (χ1v) is 6.87. The third-order valence-corrected chi connectivity index (χ3v) is 3.54. The number of rotatable bonds is 2. The smallest absolute Gasteiger partial charge is 0.127 e. The Morgan fingerprint density at radius 1 is 1.05 bits per heavy atom. The van der Waals surface area contributed by atoms with Gasteiger partial charge in [-0.3, -0.25) is 0 Å². The molecule has 0 aliphatic rings. The highest BCUT2D eigenvalue weighted by Crippen LogP contribution is 2.31. The zero-order valence-electron chi connectivity index (χ0n) is 10.7. The molecular formula is C15H10Cl2FN3. The highest BCUT2D eigenvalue weighted by atomic mass is 35.5. The van der Waals surface area contributed by atoms with Crippen molar-refractivity contribution in [2.24, 2.45) is 0 Å². The van der Waals surface area contributed by atoms with Crippen LogP contribution < -0.4 is 5.73 Å². The van der Waals surface area contributed by atoms with Crippen molar-refractivity contribution in [3.8, 4) is 16.9 Å². The van der Waals surface area contributed by atoms with Crippen LogP contribution in [0.1, 0.15) is 0 Å². The largest absolute Gasteiger partial charge is 0.384 e. The number of anilines is 1. The van der Waals surface area contributed by atoms with Crippen LogP contribution in [0.4, 0.5) is 10.2 Å². The molecule has 106 valence electrons. The molecule has 0 atom stereocenters. The van der Waals surface area contributed by atoms with E-state index in [1.54, 1.807) is 36.4 Å². The van der Waals surface area contributed by atoms with Gasteiger partial charge in [-0.2, -0.15) is 5.10 Å². The molecule has 2 aromatic carbocycles. The fraction of sp³-hybridized carbons (Fsp3) is 0. The molecule has 0 bridgehead atoms. The molecular weight excluding hydrogens is 312 g/mol. The molecule has 0 spiro atoms. The third-order valence-electron chi connectivity index (χ3n) is 3.00. The lowest BCUT2D eigenvalue weighted by Crippen LogP contribution is -2.01. The number of halogens is 3. The third kappa shape index (κ3) is 2.73. The maximum Gasteiger partial charge on any atom is 0.127 e. The van der Waals surface area contributed by atoms with Gasteiger partial charge in [-0.05, 0) is 36.4 Å². The Balaban J connectivity index is 2.09. The number of aromatic nitrogens is 2. The summed E-state index contributed by atoms with van der Waals surface area (Å²) in [5, 5.41) is 5.40. The lowest BCUT2D eigenvalue weighted by Gasteiger charge is -2.04. The van der Waals surface area contributed by atoms with E-state index in [1.807, 2.05) is 0 Å². The second kappa shape index (κ2) is 5.39. The minimum atomic E-state index is -0.353. The molecule has 1 aromatic heterocycles. The number of hydrogen-bond donors (Lipinski definition) is 1. The highest BCUT2D eigenvalue weighted by molar-refractivity contribution is 6.36. The SMILES string of the molecule is Nc1cc(-c2ccc(Cl)cc2Cl)nn1-c1cccc(F)c1. The molecule has 0 saturated heterocycles. The van der Waals surface area contributed by atoms with E-state index >= 15 is 0 Å². The highest BCUT2D eigenvalue weighted by Gasteiger charge is 2.12. The van der Waals surface area contributed by atoms with Crippen molar-refractivity contribution in [1.29, 1.82) is 0 Å². The van der Waals surface area contributed by atoms with Gasteiger partial charge in [0.25, 0.3) is 0 Å². The number of nitrogen functional groups attached to an aromatic ring is 1. The van der Waals surface area contributed by atoms with E-state index in [9.17, 15) is 4.39 Å². The summed E-state index contributed by atoms with van der Waals surface area (Å²) in [6.45, 7) is 0. The van der Waals surface area contributed by atoms with Crippen LogP contribution in [0.3, 0.4) is 0 Å². The van der Waals surface area contributed by atoms with Crippen molar-refractivity contribution in [2.75, 3.05) is 5.73 Å². The minimum absolute atomic E-state index is 0.353. The Kier molecular flexibility index (Phi) is 3.57. The van der Waals surface area contributed by atoms with Crippen LogP contribution in [0.25, 0.3) is 16.9 Å². The first-order chi connectivity index (χ1) is 10.0.